The zero-order chi connectivity index (χ0) is 15.4. The van der Waals surface area contributed by atoms with E-state index < -0.39 is 0 Å². The number of likely N-dealkylation sites (tertiary alicyclic amines) is 1. The average molecular weight is 293 g/mol. The zero-order valence-corrected chi connectivity index (χ0v) is 12.8. The van der Waals surface area contributed by atoms with Crippen LogP contribution in [0.2, 0.25) is 0 Å². The second-order valence-corrected chi connectivity index (χ2v) is 5.52. The summed E-state index contributed by atoms with van der Waals surface area (Å²) in [6.07, 6.45) is 0.947. The first-order chi connectivity index (χ1) is 10.0. The first-order valence-electron chi connectivity index (χ1n) is 7.23. The number of nitrogens with zero attached hydrogens (tertiary/aromatic N) is 1. The van der Waals surface area contributed by atoms with Gasteiger partial charge in [0.15, 0.2) is 11.5 Å². The topological polar surface area (TPSA) is 59.0 Å². The van der Waals surface area contributed by atoms with Crippen molar-refractivity contribution >= 4 is 5.91 Å². The lowest BCUT2D eigenvalue weighted by Crippen LogP contribution is -2.34. The highest BCUT2D eigenvalue weighted by Crippen LogP contribution is 2.28. The largest absolute Gasteiger partial charge is 0.493 e. The van der Waals surface area contributed by atoms with Gasteiger partial charge in [-0.25, -0.2) is 0 Å². The minimum absolute atomic E-state index is 0.0985. The van der Waals surface area contributed by atoms with Gasteiger partial charge in [0.2, 0.25) is 5.91 Å². The van der Waals surface area contributed by atoms with Crippen LogP contribution < -0.4 is 9.47 Å². The molecule has 2 atom stereocenters. The molecule has 1 fully saturated rings. The van der Waals surface area contributed by atoms with Crippen molar-refractivity contribution in [3.63, 3.8) is 0 Å². The van der Waals surface area contributed by atoms with Crippen molar-refractivity contribution in [3.8, 4) is 11.5 Å². The van der Waals surface area contributed by atoms with Crippen molar-refractivity contribution in [1.29, 1.82) is 0 Å². The zero-order valence-electron chi connectivity index (χ0n) is 12.8. The maximum atomic E-state index is 12.3. The van der Waals surface area contributed by atoms with Gasteiger partial charge in [0, 0.05) is 19.0 Å². The summed E-state index contributed by atoms with van der Waals surface area (Å²) in [5.41, 5.74) is 1.04. The lowest BCUT2D eigenvalue weighted by Gasteiger charge is -2.20. The summed E-state index contributed by atoms with van der Waals surface area (Å²) in [5.74, 6) is 1.34. The van der Waals surface area contributed by atoms with E-state index in [0.717, 1.165) is 5.56 Å². The smallest absolute Gasteiger partial charge is 0.225 e. The molecule has 0 spiro atoms. The monoisotopic (exact) mass is 293 g/mol. The van der Waals surface area contributed by atoms with E-state index in [4.69, 9.17) is 9.47 Å². The molecular weight excluding hydrogens is 270 g/mol. The Hall–Kier alpha value is -1.75. The molecule has 1 saturated heterocycles. The Morgan fingerprint density at radius 2 is 2.10 bits per heavy atom. The molecular formula is C16H23NO4. The van der Waals surface area contributed by atoms with Crippen LogP contribution in [0.4, 0.5) is 0 Å². The predicted octanol–water partition coefficient (Wildman–Crippen LogP) is 1.48. The van der Waals surface area contributed by atoms with E-state index in [2.05, 4.69) is 0 Å². The van der Waals surface area contributed by atoms with Crippen LogP contribution in [0.5, 0.6) is 11.5 Å². The number of methoxy groups -OCH3 is 2. The third-order valence-corrected chi connectivity index (χ3v) is 3.89. The summed E-state index contributed by atoms with van der Waals surface area (Å²) in [6, 6.07) is 5.70. The Morgan fingerprint density at radius 3 is 2.67 bits per heavy atom. The quantitative estimate of drug-likeness (QED) is 0.893. The number of hydrogen-bond donors (Lipinski definition) is 1. The fraction of sp³-hybridized carbons (Fsp3) is 0.562. The molecule has 0 aliphatic carbocycles. The van der Waals surface area contributed by atoms with Crippen molar-refractivity contribution in [2.24, 2.45) is 5.92 Å². The molecule has 2 rings (SSSR count). The molecule has 5 nitrogen and oxygen atoms in total. The summed E-state index contributed by atoms with van der Waals surface area (Å²) >= 11 is 0. The highest BCUT2D eigenvalue weighted by molar-refractivity contribution is 5.79. The van der Waals surface area contributed by atoms with E-state index >= 15 is 0 Å². The van der Waals surface area contributed by atoms with Crippen LogP contribution in [-0.2, 0) is 11.2 Å². The maximum absolute atomic E-state index is 12.3. The molecule has 116 valence electrons. The second kappa shape index (κ2) is 6.80. The van der Waals surface area contributed by atoms with E-state index in [1.807, 2.05) is 25.1 Å². The Morgan fingerprint density at radius 1 is 1.38 bits per heavy atom. The van der Waals surface area contributed by atoms with Crippen molar-refractivity contribution in [2.75, 3.05) is 27.3 Å². The highest BCUT2D eigenvalue weighted by Gasteiger charge is 2.27. The number of β-amino-alcohol motifs (C(OH)–C–C–N with tert-alkyl or cyclic N) is 1. The fourth-order valence-corrected chi connectivity index (χ4v) is 2.70. The van der Waals surface area contributed by atoms with Crippen molar-refractivity contribution in [1.82, 2.24) is 4.90 Å². The summed E-state index contributed by atoms with van der Waals surface area (Å²) in [4.78, 5) is 14.1. The number of carbonyl (C=O) groups is 1. The van der Waals surface area contributed by atoms with Gasteiger partial charge in [0.05, 0.1) is 20.3 Å². The van der Waals surface area contributed by atoms with E-state index in [1.54, 1.807) is 19.1 Å². The number of benzene rings is 1. The minimum atomic E-state index is -0.373. The maximum Gasteiger partial charge on any atom is 0.225 e. The van der Waals surface area contributed by atoms with E-state index in [9.17, 15) is 9.90 Å². The Balaban J connectivity index is 2.02. The first-order valence-corrected chi connectivity index (χ1v) is 7.23. The van der Waals surface area contributed by atoms with Crippen molar-refractivity contribution in [2.45, 2.75) is 25.9 Å². The van der Waals surface area contributed by atoms with Crippen molar-refractivity contribution in [3.05, 3.63) is 23.8 Å². The van der Waals surface area contributed by atoms with Gasteiger partial charge in [0.1, 0.15) is 0 Å². The molecule has 1 heterocycles. The summed E-state index contributed by atoms with van der Waals surface area (Å²) in [5, 5.41) is 9.52. The molecule has 5 heteroatoms. The Labute approximate surface area is 125 Å². The molecule has 1 aliphatic rings. The number of rotatable bonds is 5. The summed E-state index contributed by atoms with van der Waals surface area (Å²) < 4.78 is 10.5. The van der Waals surface area contributed by atoms with Gasteiger partial charge >= 0.3 is 0 Å². The molecule has 2 unspecified atom stereocenters. The van der Waals surface area contributed by atoms with Crippen LogP contribution in [0, 0.1) is 5.92 Å². The van der Waals surface area contributed by atoms with Gasteiger partial charge in [-0.15, -0.1) is 0 Å². The highest BCUT2D eigenvalue weighted by atomic mass is 16.5. The van der Waals surface area contributed by atoms with Gasteiger partial charge < -0.3 is 19.5 Å². The number of ether oxygens (including phenoxy) is 2. The Bertz CT molecular complexity index is 503. The SMILES string of the molecule is COc1ccc(CC(C)C(=O)N2CCC(O)C2)cc1OC. The second-order valence-electron chi connectivity index (χ2n) is 5.52. The predicted molar refractivity (Wildman–Crippen MR) is 79.6 cm³/mol. The van der Waals surface area contributed by atoms with Crippen LogP contribution in [0.1, 0.15) is 18.9 Å². The molecule has 1 amide bonds. The third kappa shape index (κ3) is 3.67. The fourth-order valence-electron chi connectivity index (χ4n) is 2.70. The third-order valence-electron chi connectivity index (χ3n) is 3.89. The summed E-state index contributed by atoms with van der Waals surface area (Å²) in [6.45, 7) is 3.02. The molecule has 0 radical (unpaired) electrons. The molecule has 0 saturated carbocycles. The van der Waals surface area contributed by atoms with Crippen LogP contribution in [0.15, 0.2) is 18.2 Å². The van der Waals surface area contributed by atoms with Crippen LogP contribution in [0.25, 0.3) is 0 Å². The van der Waals surface area contributed by atoms with Crippen LogP contribution in [-0.4, -0.2) is 49.3 Å². The van der Waals surface area contributed by atoms with Crippen LogP contribution >= 0.6 is 0 Å². The lowest BCUT2D eigenvalue weighted by molar-refractivity contribution is -0.134. The molecule has 1 aromatic carbocycles. The van der Waals surface area contributed by atoms with Crippen LogP contribution in [0.3, 0.4) is 0 Å². The van der Waals surface area contributed by atoms with E-state index in [1.165, 1.54) is 0 Å². The average Bonchev–Trinajstić information content (AvgIpc) is 2.92. The Kier molecular flexibility index (Phi) is 5.07. The number of carbonyl (C=O) groups excluding carboxylic acids is 1. The van der Waals surface area contributed by atoms with E-state index in [0.29, 0.717) is 37.4 Å². The standard InChI is InChI=1S/C16H23NO4/c1-11(16(19)17-7-6-13(18)10-17)8-12-4-5-14(20-2)15(9-12)21-3/h4-5,9,11,13,18H,6-8,10H2,1-3H3. The van der Waals surface area contributed by atoms with Gasteiger partial charge in [0.25, 0.3) is 0 Å². The molecule has 1 aromatic rings. The lowest BCUT2D eigenvalue weighted by atomic mass is 9.99. The number of aliphatic hydroxyl groups excluding tert-OH is 1. The normalized spacial score (nSPS) is 19.4. The molecule has 1 N–H and O–H groups in total. The number of amides is 1. The van der Waals surface area contributed by atoms with Crippen molar-refractivity contribution < 1.29 is 19.4 Å². The summed E-state index contributed by atoms with van der Waals surface area (Å²) in [7, 11) is 3.20. The minimum Gasteiger partial charge on any atom is -0.493 e. The van der Waals surface area contributed by atoms with E-state index in [-0.39, 0.29) is 17.9 Å². The first kappa shape index (κ1) is 15.6. The molecule has 1 aliphatic heterocycles. The molecule has 21 heavy (non-hydrogen) atoms. The molecule has 0 aromatic heterocycles. The van der Waals surface area contributed by atoms with Gasteiger partial charge in [-0.3, -0.25) is 4.79 Å². The van der Waals surface area contributed by atoms with Gasteiger partial charge in [-0.2, -0.15) is 0 Å². The number of aliphatic hydroxyl groups is 1. The number of hydrogen-bond acceptors (Lipinski definition) is 4. The molecule has 0 bridgehead atoms. The van der Waals surface area contributed by atoms with Gasteiger partial charge in [-0.05, 0) is 30.5 Å². The van der Waals surface area contributed by atoms with Gasteiger partial charge in [-0.1, -0.05) is 13.0 Å².